The number of hydrogen-bond donors (Lipinski definition) is 1. The maximum Gasteiger partial charge on any atom is 0.305 e. The zero-order valence-corrected chi connectivity index (χ0v) is 11.4. The summed E-state index contributed by atoms with van der Waals surface area (Å²) in [6, 6.07) is 5.35. The van der Waals surface area contributed by atoms with E-state index in [1.165, 1.54) is 0 Å². The van der Waals surface area contributed by atoms with Gasteiger partial charge in [0.2, 0.25) is 5.91 Å². The Labute approximate surface area is 116 Å². The number of rotatable bonds is 3. The fourth-order valence-electron chi connectivity index (χ4n) is 2.19. The first-order chi connectivity index (χ1) is 9.00. The van der Waals surface area contributed by atoms with Crippen LogP contribution in [0.3, 0.4) is 0 Å². The summed E-state index contributed by atoms with van der Waals surface area (Å²) in [5.74, 6) is -0.862. The number of fused-ring (bicyclic) bond motifs is 1. The van der Waals surface area contributed by atoms with Gasteiger partial charge in [0.15, 0.2) is 0 Å². The molecule has 0 saturated carbocycles. The smallest absolute Gasteiger partial charge is 0.305 e. The fourth-order valence-corrected chi connectivity index (χ4v) is 2.48. The molecule has 1 aromatic carbocycles. The van der Waals surface area contributed by atoms with Gasteiger partial charge in [-0.3, -0.25) is 9.59 Å². The Morgan fingerprint density at radius 2 is 2.21 bits per heavy atom. The maximum atomic E-state index is 11.9. The number of amides is 1. The van der Waals surface area contributed by atoms with Crippen molar-refractivity contribution in [1.29, 1.82) is 0 Å². The van der Waals surface area contributed by atoms with E-state index in [-0.39, 0.29) is 12.3 Å². The number of carboxylic acids is 1. The molecule has 1 N–H and O–H groups in total. The Kier molecular flexibility index (Phi) is 3.95. The molecule has 19 heavy (non-hydrogen) atoms. The molecule has 1 heterocycles. The number of para-hydroxylation sites is 1. The molecule has 0 atom stereocenters. The molecule has 5 nitrogen and oxygen atoms in total. The molecule has 0 unspecified atom stereocenters. The van der Waals surface area contributed by atoms with E-state index in [2.05, 4.69) is 0 Å². The quantitative estimate of drug-likeness (QED) is 0.921. The third-order valence-corrected chi connectivity index (χ3v) is 3.51. The molecule has 1 amide bonds. The number of nitrogens with zero attached hydrogens (tertiary/aromatic N) is 2. The van der Waals surface area contributed by atoms with Crippen molar-refractivity contribution in [2.75, 3.05) is 29.9 Å². The minimum atomic E-state index is -0.863. The topological polar surface area (TPSA) is 60.9 Å². The lowest BCUT2D eigenvalue weighted by Crippen LogP contribution is -2.28. The van der Waals surface area contributed by atoms with Crippen LogP contribution in [0, 0.1) is 0 Å². The predicted octanol–water partition coefficient (Wildman–Crippen LogP) is 1.99. The summed E-state index contributed by atoms with van der Waals surface area (Å²) >= 11 is 6.21. The average molecular weight is 283 g/mol. The molecule has 1 aliphatic rings. The minimum absolute atomic E-state index is 0.00124. The lowest BCUT2D eigenvalue weighted by Gasteiger charge is -2.25. The molecule has 1 aromatic rings. The molecular formula is C13H15ClN2O3. The van der Waals surface area contributed by atoms with Crippen molar-refractivity contribution in [2.24, 2.45) is 0 Å². The highest BCUT2D eigenvalue weighted by Crippen LogP contribution is 2.38. The molecule has 0 bridgehead atoms. The number of benzene rings is 1. The van der Waals surface area contributed by atoms with Crippen LogP contribution in [-0.4, -0.2) is 37.1 Å². The molecule has 0 fully saturated rings. The zero-order chi connectivity index (χ0) is 14.0. The molecular weight excluding hydrogens is 268 g/mol. The second kappa shape index (κ2) is 5.48. The fraction of sp³-hybridized carbons (Fsp3) is 0.385. The second-order valence-corrected chi connectivity index (χ2v) is 4.85. The van der Waals surface area contributed by atoms with Gasteiger partial charge in [0.25, 0.3) is 0 Å². The summed E-state index contributed by atoms with van der Waals surface area (Å²) in [5.41, 5.74) is 1.46. The van der Waals surface area contributed by atoms with Crippen LogP contribution in [0.1, 0.15) is 12.8 Å². The van der Waals surface area contributed by atoms with Crippen LogP contribution in [-0.2, 0) is 9.59 Å². The Morgan fingerprint density at radius 3 is 2.89 bits per heavy atom. The first kappa shape index (κ1) is 13.7. The summed E-state index contributed by atoms with van der Waals surface area (Å²) in [7, 11) is 1.71. The minimum Gasteiger partial charge on any atom is -0.481 e. The van der Waals surface area contributed by atoms with Gasteiger partial charge in [-0.05, 0) is 12.1 Å². The van der Waals surface area contributed by atoms with E-state index in [1.807, 2.05) is 11.0 Å². The Balaban J connectivity index is 2.39. The van der Waals surface area contributed by atoms with Gasteiger partial charge in [-0.1, -0.05) is 17.7 Å². The number of hydrogen-bond acceptors (Lipinski definition) is 3. The normalized spacial score (nSPS) is 15.2. The van der Waals surface area contributed by atoms with Crippen LogP contribution in [0.5, 0.6) is 0 Å². The van der Waals surface area contributed by atoms with Crippen molar-refractivity contribution in [3.8, 4) is 0 Å². The van der Waals surface area contributed by atoms with Gasteiger partial charge in [0.05, 0.1) is 22.8 Å². The van der Waals surface area contributed by atoms with Gasteiger partial charge >= 0.3 is 5.97 Å². The summed E-state index contributed by atoms with van der Waals surface area (Å²) in [6.07, 6.45) is 0.365. The molecule has 0 aromatic heterocycles. The van der Waals surface area contributed by atoms with Gasteiger partial charge < -0.3 is 14.9 Å². The number of carbonyl (C=O) groups excluding carboxylic acids is 1. The van der Waals surface area contributed by atoms with Gasteiger partial charge in [-0.15, -0.1) is 0 Å². The lowest BCUT2D eigenvalue weighted by molar-refractivity contribution is -0.136. The lowest BCUT2D eigenvalue weighted by atomic mass is 10.2. The van der Waals surface area contributed by atoms with E-state index in [1.54, 1.807) is 24.1 Å². The van der Waals surface area contributed by atoms with E-state index in [0.29, 0.717) is 24.5 Å². The Morgan fingerprint density at radius 1 is 1.47 bits per heavy atom. The number of halogens is 1. The first-order valence-electron chi connectivity index (χ1n) is 6.02. The van der Waals surface area contributed by atoms with Crippen molar-refractivity contribution < 1.29 is 14.7 Å². The van der Waals surface area contributed by atoms with Crippen LogP contribution in [0.4, 0.5) is 11.4 Å². The Bertz CT molecular complexity index is 519. The predicted molar refractivity (Wildman–Crippen MR) is 73.9 cm³/mol. The molecule has 0 saturated heterocycles. The highest BCUT2D eigenvalue weighted by Gasteiger charge is 2.25. The third kappa shape index (κ3) is 2.81. The maximum absolute atomic E-state index is 11.9. The number of anilines is 2. The zero-order valence-electron chi connectivity index (χ0n) is 10.6. The van der Waals surface area contributed by atoms with Crippen molar-refractivity contribution in [2.45, 2.75) is 12.8 Å². The van der Waals surface area contributed by atoms with Crippen LogP contribution in [0.2, 0.25) is 5.02 Å². The van der Waals surface area contributed by atoms with Crippen LogP contribution in [0.15, 0.2) is 18.2 Å². The molecule has 2 rings (SSSR count). The Hall–Kier alpha value is -1.75. The molecule has 6 heteroatoms. The molecule has 0 radical (unpaired) electrons. The van der Waals surface area contributed by atoms with Crippen molar-refractivity contribution in [3.05, 3.63) is 23.2 Å². The SMILES string of the molecule is CN1C(=O)CCN(CCC(=O)O)c2c(Cl)cccc21. The first-order valence-corrected chi connectivity index (χ1v) is 6.40. The monoisotopic (exact) mass is 282 g/mol. The van der Waals surface area contributed by atoms with E-state index in [9.17, 15) is 9.59 Å². The summed E-state index contributed by atoms with van der Waals surface area (Å²) in [5, 5.41) is 9.33. The second-order valence-electron chi connectivity index (χ2n) is 4.44. The van der Waals surface area contributed by atoms with Crippen molar-refractivity contribution >= 4 is 34.9 Å². The van der Waals surface area contributed by atoms with E-state index < -0.39 is 5.97 Å². The summed E-state index contributed by atoms with van der Waals surface area (Å²) < 4.78 is 0. The van der Waals surface area contributed by atoms with Gasteiger partial charge in [0, 0.05) is 26.6 Å². The van der Waals surface area contributed by atoms with E-state index in [4.69, 9.17) is 16.7 Å². The molecule has 0 spiro atoms. The largest absolute Gasteiger partial charge is 0.481 e. The number of carbonyl (C=O) groups is 2. The number of carboxylic acid groups (broad SMARTS) is 1. The van der Waals surface area contributed by atoms with Gasteiger partial charge in [0.1, 0.15) is 0 Å². The van der Waals surface area contributed by atoms with Crippen LogP contribution >= 0.6 is 11.6 Å². The van der Waals surface area contributed by atoms with Crippen molar-refractivity contribution in [3.63, 3.8) is 0 Å². The molecule has 1 aliphatic heterocycles. The number of aliphatic carboxylic acids is 1. The van der Waals surface area contributed by atoms with Crippen molar-refractivity contribution in [1.82, 2.24) is 0 Å². The standard InChI is InChI=1S/C13H15ClN2O3/c1-15-10-4-2-3-9(14)13(10)16(7-5-11(15)17)8-6-12(18)19/h2-4H,5-8H2,1H3,(H,18,19). The van der Waals surface area contributed by atoms with E-state index in [0.717, 1.165) is 11.4 Å². The van der Waals surface area contributed by atoms with Crippen LogP contribution in [0.25, 0.3) is 0 Å². The van der Waals surface area contributed by atoms with Gasteiger partial charge in [-0.2, -0.15) is 0 Å². The highest BCUT2D eigenvalue weighted by molar-refractivity contribution is 6.34. The highest BCUT2D eigenvalue weighted by atomic mass is 35.5. The summed E-state index contributed by atoms with van der Waals surface area (Å²) in [6.45, 7) is 0.820. The summed E-state index contributed by atoms with van der Waals surface area (Å²) in [4.78, 5) is 26.1. The van der Waals surface area contributed by atoms with Crippen LogP contribution < -0.4 is 9.80 Å². The molecule has 102 valence electrons. The third-order valence-electron chi connectivity index (χ3n) is 3.21. The average Bonchev–Trinajstić information content (AvgIpc) is 2.48. The van der Waals surface area contributed by atoms with E-state index >= 15 is 0 Å². The van der Waals surface area contributed by atoms with Gasteiger partial charge in [-0.25, -0.2) is 0 Å². The molecule has 0 aliphatic carbocycles.